The van der Waals surface area contributed by atoms with Crippen LogP contribution in [0.15, 0.2) is 11.1 Å². The number of hydrogen-bond acceptors (Lipinski definition) is 9. The second-order valence-electron chi connectivity index (χ2n) is 8.50. The summed E-state index contributed by atoms with van der Waals surface area (Å²) in [6.45, 7) is 1.24. The molecule has 3 N–H and O–H groups in total. The Kier molecular flexibility index (Phi) is 4.79. The molecule has 4 aliphatic rings. The predicted octanol–water partition coefficient (Wildman–Crippen LogP) is 2.26. The van der Waals surface area contributed by atoms with Crippen LogP contribution in [0.1, 0.15) is 55.0 Å². The molecule has 4 heterocycles. The van der Waals surface area contributed by atoms with Gasteiger partial charge in [0.25, 0.3) is 5.91 Å². The largest absolute Gasteiger partial charge is 0.329 e. The highest BCUT2D eigenvalue weighted by atomic mass is 32.2. The molecule has 2 aliphatic carbocycles. The number of carbonyl (C=O) groups is 1. The van der Waals surface area contributed by atoms with Gasteiger partial charge in [-0.05, 0) is 56.9 Å². The van der Waals surface area contributed by atoms with Crippen molar-refractivity contribution in [3.05, 3.63) is 23.0 Å². The van der Waals surface area contributed by atoms with E-state index in [0.29, 0.717) is 18.5 Å². The van der Waals surface area contributed by atoms with E-state index in [4.69, 9.17) is 9.97 Å². The second kappa shape index (κ2) is 7.79. The van der Waals surface area contributed by atoms with Crippen LogP contribution < -0.4 is 15.6 Å². The van der Waals surface area contributed by atoms with E-state index >= 15 is 0 Å². The smallest absolute Gasteiger partial charge is 0.257 e. The van der Waals surface area contributed by atoms with Crippen molar-refractivity contribution in [3.8, 4) is 0 Å². The highest BCUT2D eigenvalue weighted by molar-refractivity contribution is 8.10. The number of H-pyrrole nitrogens is 1. The highest BCUT2D eigenvalue weighted by Crippen LogP contribution is 2.40. The standard InChI is InChI=1S/C20H25N9OS/c30-19(27-29-10-21-11-31-29)16-5-2-8-28(16)20-22-14-4-1-3-13(14)18(24-20)23-17-9-15(25-26-17)12-6-7-12/h9,11-12,16H,1-8,10H2,(H,27,30)(H2,22,23,24,25,26)/t16-/m0/s1. The Morgan fingerprint density at radius 3 is 2.97 bits per heavy atom. The van der Waals surface area contributed by atoms with Gasteiger partial charge in [-0.3, -0.25) is 20.3 Å². The number of aromatic nitrogens is 4. The average Bonchev–Trinajstić information content (AvgIpc) is 3.27. The first-order chi connectivity index (χ1) is 15.2. The van der Waals surface area contributed by atoms with Crippen LogP contribution in [0, 0.1) is 0 Å². The van der Waals surface area contributed by atoms with E-state index in [2.05, 4.69) is 32.0 Å². The molecule has 0 unspecified atom stereocenters. The molecule has 2 aliphatic heterocycles. The molecular weight excluding hydrogens is 414 g/mol. The Bertz CT molecular complexity index is 1030. The predicted molar refractivity (Wildman–Crippen MR) is 119 cm³/mol. The molecule has 2 aromatic rings. The number of fused-ring (bicyclic) bond motifs is 1. The molecular formula is C20H25N9OS. The monoisotopic (exact) mass is 439 g/mol. The van der Waals surface area contributed by atoms with E-state index in [1.807, 2.05) is 4.90 Å². The minimum atomic E-state index is -0.277. The zero-order valence-electron chi connectivity index (χ0n) is 17.2. The number of anilines is 3. The lowest BCUT2D eigenvalue weighted by molar-refractivity contribution is -0.124. The number of nitrogens with one attached hydrogen (secondary N) is 3. The molecule has 10 nitrogen and oxygen atoms in total. The molecule has 31 heavy (non-hydrogen) atoms. The summed E-state index contributed by atoms with van der Waals surface area (Å²) in [7, 11) is 0. The van der Waals surface area contributed by atoms with Crippen LogP contribution in [0.4, 0.5) is 17.6 Å². The molecule has 162 valence electrons. The van der Waals surface area contributed by atoms with Gasteiger partial charge < -0.3 is 10.2 Å². The van der Waals surface area contributed by atoms with E-state index < -0.39 is 0 Å². The maximum absolute atomic E-state index is 12.9. The van der Waals surface area contributed by atoms with Crippen LogP contribution >= 0.6 is 11.9 Å². The first-order valence-electron chi connectivity index (χ1n) is 11.0. The van der Waals surface area contributed by atoms with Crippen LogP contribution in [0.5, 0.6) is 0 Å². The van der Waals surface area contributed by atoms with Crippen molar-refractivity contribution in [1.29, 1.82) is 0 Å². The molecule has 2 fully saturated rings. The fourth-order valence-electron chi connectivity index (χ4n) is 4.55. The van der Waals surface area contributed by atoms with E-state index in [9.17, 15) is 4.79 Å². The maximum Gasteiger partial charge on any atom is 0.257 e. The topological polar surface area (TPSA) is 114 Å². The molecule has 0 radical (unpaired) electrons. The van der Waals surface area contributed by atoms with Crippen molar-refractivity contribution in [3.63, 3.8) is 0 Å². The van der Waals surface area contributed by atoms with Gasteiger partial charge in [0.2, 0.25) is 5.95 Å². The number of amides is 1. The van der Waals surface area contributed by atoms with E-state index in [1.54, 1.807) is 9.96 Å². The van der Waals surface area contributed by atoms with Crippen molar-refractivity contribution in [2.24, 2.45) is 4.99 Å². The molecule has 1 saturated heterocycles. The van der Waals surface area contributed by atoms with Crippen LogP contribution in [0.2, 0.25) is 0 Å². The van der Waals surface area contributed by atoms with Crippen molar-refractivity contribution in [2.45, 2.75) is 56.9 Å². The summed E-state index contributed by atoms with van der Waals surface area (Å²) in [4.78, 5) is 28.8. The molecule has 2 aromatic heterocycles. The minimum absolute atomic E-state index is 0.0320. The highest BCUT2D eigenvalue weighted by Gasteiger charge is 2.35. The summed E-state index contributed by atoms with van der Waals surface area (Å²) in [5.41, 5.74) is 8.13. The SMILES string of the molecule is O=C(NN1CN=CS1)[C@@H]1CCCN1c1nc2c(c(Nc3cc(C4CC4)[nH]n3)n1)CCC2. The number of hydrazine groups is 1. The van der Waals surface area contributed by atoms with Gasteiger partial charge >= 0.3 is 0 Å². The van der Waals surface area contributed by atoms with E-state index in [0.717, 1.165) is 56.0 Å². The van der Waals surface area contributed by atoms with Crippen LogP contribution in [0.25, 0.3) is 0 Å². The Morgan fingerprint density at radius 2 is 2.13 bits per heavy atom. The summed E-state index contributed by atoms with van der Waals surface area (Å²) in [6, 6.07) is 1.81. The number of carbonyl (C=O) groups excluding carboxylic acids is 1. The van der Waals surface area contributed by atoms with Crippen LogP contribution in [0.3, 0.4) is 0 Å². The van der Waals surface area contributed by atoms with Crippen LogP contribution in [-0.4, -0.2) is 55.3 Å². The normalized spacial score (nSPS) is 22.8. The van der Waals surface area contributed by atoms with Crippen molar-refractivity contribution < 1.29 is 4.79 Å². The Morgan fingerprint density at radius 1 is 1.19 bits per heavy atom. The molecule has 0 aromatic carbocycles. The summed E-state index contributed by atoms with van der Waals surface area (Å²) in [6.07, 6.45) is 7.18. The van der Waals surface area contributed by atoms with Crippen molar-refractivity contribution in [2.75, 3.05) is 23.4 Å². The number of aromatic amines is 1. The van der Waals surface area contributed by atoms with Gasteiger partial charge in [0.15, 0.2) is 5.82 Å². The van der Waals surface area contributed by atoms with Gasteiger partial charge in [-0.15, -0.1) is 4.41 Å². The summed E-state index contributed by atoms with van der Waals surface area (Å²) >= 11 is 1.39. The van der Waals surface area contributed by atoms with Crippen molar-refractivity contribution in [1.82, 2.24) is 30.0 Å². The lowest BCUT2D eigenvalue weighted by Gasteiger charge is -2.26. The molecule has 6 rings (SSSR count). The fourth-order valence-corrected chi connectivity index (χ4v) is 5.07. The third kappa shape index (κ3) is 3.76. The second-order valence-corrected chi connectivity index (χ2v) is 9.36. The quantitative estimate of drug-likeness (QED) is 0.587. The lowest BCUT2D eigenvalue weighted by atomic mass is 10.2. The summed E-state index contributed by atoms with van der Waals surface area (Å²) in [5.74, 6) is 2.83. The maximum atomic E-state index is 12.9. The van der Waals surface area contributed by atoms with Gasteiger partial charge in [0, 0.05) is 29.8 Å². The molecule has 0 spiro atoms. The van der Waals surface area contributed by atoms with Crippen LogP contribution in [-0.2, 0) is 17.6 Å². The first kappa shape index (κ1) is 19.1. The number of hydrogen-bond donors (Lipinski definition) is 3. The molecule has 11 heteroatoms. The molecule has 1 atom stereocenters. The Balaban J connectivity index is 1.25. The molecule has 0 bridgehead atoms. The van der Waals surface area contributed by atoms with Gasteiger partial charge in [0.1, 0.15) is 18.5 Å². The fraction of sp³-hybridized carbons (Fsp3) is 0.550. The first-order valence-corrected chi connectivity index (χ1v) is 11.8. The van der Waals surface area contributed by atoms with E-state index in [-0.39, 0.29) is 11.9 Å². The Hall–Kier alpha value is -2.66. The third-order valence-corrected chi connectivity index (χ3v) is 6.99. The van der Waals surface area contributed by atoms with E-state index in [1.165, 1.54) is 36.0 Å². The van der Waals surface area contributed by atoms with Gasteiger partial charge in [-0.25, -0.2) is 4.98 Å². The average molecular weight is 440 g/mol. The van der Waals surface area contributed by atoms with Gasteiger partial charge in [0.05, 0.1) is 11.2 Å². The number of aryl methyl sites for hydroxylation is 1. The zero-order chi connectivity index (χ0) is 20.8. The third-order valence-electron chi connectivity index (χ3n) is 6.29. The lowest BCUT2D eigenvalue weighted by Crippen LogP contribution is -2.48. The zero-order valence-corrected chi connectivity index (χ0v) is 18.0. The number of nitrogens with zero attached hydrogens (tertiary/aromatic N) is 6. The Labute approximate surface area is 184 Å². The van der Waals surface area contributed by atoms with Gasteiger partial charge in [-0.1, -0.05) is 0 Å². The summed E-state index contributed by atoms with van der Waals surface area (Å²) < 4.78 is 1.74. The minimum Gasteiger partial charge on any atom is -0.329 e. The number of aliphatic imine (C=N–C) groups is 1. The summed E-state index contributed by atoms with van der Waals surface area (Å²) in [5, 5.41) is 11.0. The van der Waals surface area contributed by atoms with Gasteiger partial charge in [-0.2, -0.15) is 10.1 Å². The molecule has 1 saturated carbocycles. The number of rotatable bonds is 6. The van der Waals surface area contributed by atoms with Crippen molar-refractivity contribution >= 4 is 41.0 Å². The molecule has 1 amide bonds.